The quantitative estimate of drug-likeness (QED) is 0.150. The van der Waals surface area contributed by atoms with Gasteiger partial charge in [0.2, 0.25) is 0 Å². The number of nitrogens with one attached hydrogen (secondary N) is 2. The molecule has 7 nitrogen and oxygen atoms in total. The molecule has 0 saturated carbocycles. The first-order valence-corrected chi connectivity index (χ1v) is 21.2. The van der Waals surface area contributed by atoms with Crippen molar-refractivity contribution >= 4 is 34.1 Å². The Morgan fingerprint density at radius 2 is 1.21 bits per heavy atom. The van der Waals surface area contributed by atoms with Gasteiger partial charge >= 0.3 is 0 Å². The Balaban J connectivity index is 1.18. The van der Waals surface area contributed by atoms with Gasteiger partial charge in [-0.2, -0.15) is 0 Å². The minimum atomic E-state index is -0.727. The van der Waals surface area contributed by atoms with Crippen molar-refractivity contribution in [3.63, 3.8) is 0 Å². The summed E-state index contributed by atoms with van der Waals surface area (Å²) in [4.78, 5) is 22.5. The number of benzene rings is 5. The predicted octanol–water partition coefficient (Wildman–Crippen LogP) is 11.3. The molecule has 0 amide bonds. The van der Waals surface area contributed by atoms with Gasteiger partial charge in [-0.05, 0) is 129 Å². The highest BCUT2D eigenvalue weighted by Gasteiger charge is 2.36. The molecule has 9 rings (SSSR count). The van der Waals surface area contributed by atoms with Gasteiger partial charge in [0.05, 0.1) is 33.9 Å². The average molecular weight is 798 g/mol. The summed E-state index contributed by atoms with van der Waals surface area (Å²) >= 11 is 0. The van der Waals surface area contributed by atoms with Crippen molar-refractivity contribution in [2.24, 2.45) is 20.0 Å². The zero-order valence-corrected chi connectivity index (χ0v) is 36.2. The van der Waals surface area contributed by atoms with E-state index in [0.29, 0.717) is 28.5 Å². The van der Waals surface area contributed by atoms with Crippen molar-refractivity contribution in [2.45, 2.75) is 78.6 Å². The molecule has 0 fully saturated rings. The van der Waals surface area contributed by atoms with Crippen LogP contribution in [0, 0.1) is 10.8 Å². The standard InChI is InChI=1S/C54H51N7/c1-32(2)57-44-19-14-20-45(49(44)56)61(46-29-26-38(35-15-10-9-11-16-35)48(55)51(46)58-33(3)4)47-30-27-39(50-52(47)60-54(7,8)59-50)36-23-21-34(22-24-36)37-25-28-43-41(31-37)40-17-12-13-18-42(40)53(43,5)6/h9-33,55-56H,1-8H3. The van der Waals surface area contributed by atoms with Gasteiger partial charge in [0, 0.05) is 28.6 Å². The molecule has 302 valence electrons. The maximum Gasteiger partial charge on any atom is 0.146 e. The largest absolute Gasteiger partial charge is 0.304 e. The van der Waals surface area contributed by atoms with E-state index in [1.165, 1.54) is 27.8 Å². The fourth-order valence-corrected chi connectivity index (χ4v) is 9.02. The Kier molecular flexibility index (Phi) is 9.74. The topological polar surface area (TPSA) is 100 Å². The number of fused-ring (bicyclic) bond motifs is 4. The number of hydrogen-bond donors (Lipinski definition) is 2. The number of anilines is 1. The summed E-state index contributed by atoms with van der Waals surface area (Å²) in [5.74, 6) is 0. The Hall–Kier alpha value is -6.86. The molecule has 1 heterocycles. The molecule has 1 aliphatic heterocycles. The second kappa shape index (κ2) is 15.0. The minimum absolute atomic E-state index is 0.000354. The van der Waals surface area contributed by atoms with Crippen LogP contribution >= 0.6 is 0 Å². The first-order chi connectivity index (χ1) is 29.2. The molecule has 61 heavy (non-hydrogen) atoms. The van der Waals surface area contributed by atoms with Crippen molar-refractivity contribution < 1.29 is 0 Å². The molecule has 0 aromatic heterocycles. The van der Waals surface area contributed by atoms with Crippen molar-refractivity contribution in [3.05, 3.63) is 178 Å². The lowest BCUT2D eigenvalue weighted by molar-refractivity contribution is 0.549. The summed E-state index contributed by atoms with van der Waals surface area (Å²) in [7, 11) is 0. The third kappa shape index (κ3) is 6.98. The van der Waals surface area contributed by atoms with Crippen LogP contribution in [0.4, 0.5) is 5.69 Å². The van der Waals surface area contributed by atoms with E-state index in [4.69, 9.17) is 20.0 Å². The molecule has 0 spiro atoms. The first kappa shape index (κ1) is 39.6. The number of aliphatic imine (C=N–C) groups is 2. The highest BCUT2D eigenvalue weighted by Crippen LogP contribution is 2.49. The smallest absolute Gasteiger partial charge is 0.146 e. The molecule has 0 unspecified atom stereocenters. The van der Waals surface area contributed by atoms with E-state index in [2.05, 4.69) is 97.6 Å². The van der Waals surface area contributed by atoms with Gasteiger partial charge in [-0.15, -0.1) is 0 Å². The van der Waals surface area contributed by atoms with Crippen LogP contribution < -0.4 is 15.6 Å². The molecule has 0 atom stereocenters. The summed E-state index contributed by atoms with van der Waals surface area (Å²) in [6, 6.07) is 38.5. The van der Waals surface area contributed by atoms with Crippen LogP contribution in [-0.2, 0) is 5.41 Å². The average Bonchev–Trinajstić information content (AvgIpc) is 3.69. The van der Waals surface area contributed by atoms with Gasteiger partial charge < -0.3 is 4.90 Å². The Morgan fingerprint density at radius 1 is 0.557 bits per heavy atom. The van der Waals surface area contributed by atoms with E-state index < -0.39 is 5.66 Å². The van der Waals surface area contributed by atoms with Crippen LogP contribution in [0.1, 0.15) is 72.1 Å². The molecular formula is C54H51N7. The van der Waals surface area contributed by atoms with Crippen LogP contribution in [0.2, 0.25) is 0 Å². The zero-order chi connectivity index (χ0) is 42.8. The fraction of sp³-hybridized carbons (Fsp3) is 0.222. The number of nitrogens with zero attached hydrogens (tertiary/aromatic N) is 5. The van der Waals surface area contributed by atoms with Crippen molar-refractivity contribution in [1.29, 1.82) is 10.8 Å². The van der Waals surface area contributed by atoms with Crippen molar-refractivity contribution in [1.82, 2.24) is 0 Å². The lowest BCUT2D eigenvalue weighted by Crippen LogP contribution is -2.42. The third-order valence-electron chi connectivity index (χ3n) is 11.8. The van der Waals surface area contributed by atoms with Gasteiger partial charge in [-0.25, -0.2) is 0 Å². The summed E-state index contributed by atoms with van der Waals surface area (Å²) in [5, 5.41) is 20.7. The van der Waals surface area contributed by atoms with Crippen LogP contribution in [-0.4, -0.2) is 40.6 Å². The van der Waals surface area contributed by atoms with E-state index >= 15 is 0 Å². The molecule has 0 saturated heterocycles. The van der Waals surface area contributed by atoms with Gasteiger partial charge in [0.15, 0.2) is 0 Å². The van der Waals surface area contributed by atoms with Gasteiger partial charge in [0.1, 0.15) is 22.4 Å². The summed E-state index contributed by atoms with van der Waals surface area (Å²) < 4.78 is 0. The second-order valence-electron chi connectivity index (χ2n) is 17.7. The first-order valence-electron chi connectivity index (χ1n) is 21.2. The third-order valence-corrected chi connectivity index (χ3v) is 11.8. The molecule has 4 aliphatic rings. The molecule has 0 bridgehead atoms. The molecule has 5 aromatic carbocycles. The highest BCUT2D eigenvalue weighted by molar-refractivity contribution is 6.63. The van der Waals surface area contributed by atoms with E-state index in [-0.39, 0.29) is 23.2 Å². The second-order valence-corrected chi connectivity index (χ2v) is 17.7. The fourth-order valence-electron chi connectivity index (χ4n) is 9.02. The maximum atomic E-state index is 9.63. The molecule has 2 N–H and O–H groups in total. The van der Waals surface area contributed by atoms with E-state index in [9.17, 15) is 10.8 Å². The summed E-state index contributed by atoms with van der Waals surface area (Å²) in [6.07, 6.45) is 9.81. The normalized spacial score (nSPS) is 18.4. The minimum Gasteiger partial charge on any atom is -0.304 e. The van der Waals surface area contributed by atoms with Crippen LogP contribution in [0.3, 0.4) is 0 Å². The SMILES string of the molecule is CC(C)N=C1C=CC=C(N(C2=CC=C(c3ccccc3)C(=N)C2=NC(C)C)c2ccc(-c3ccc(-c4ccc5c(c4)-c4ccccc4C5(C)C)cc3)c3c2=NC(C)(C)N=3)C1=N. The zero-order valence-electron chi connectivity index (χ0n) is 36.2. The van der Waals surface area contributed by atoms with Crippen molar-refractivity contribution in [3.8, 4) is 33.4 Å². The van der Waals surface area contributed by atoms with Gasteiger partial charge in [-0.3, -0.25) is 30.8 Å². The van der Waals surface area contributed by atoms with Crippen LogP contribution in [0.5, 0.6) is 0 Å². The lowest BCUT2D eigenvalue weighted by Gasteiger charge is -2.34. The molecule has 7 heteroatoms. The number of rotatable bonds is 8. The Bertz CT molecular complexity index is 2990. The van der Waals surface area contributed by atoms with Crippen LogP contribution in [0.25, 0.3) is 39.0 Å². The molecule has 0 radical (unpaired) electrons. The monoisotopic (exact) mass is 797 g/mol. The summed E-state index contributed by atoms with van der Waals surface area (Å²) in [6.45, 7) is 16.8. The molecule has 5 aromatic rings. The van der Waals surface area contributed by atoms with Gasteiger partial charge in [0.25, 0.3) is 0 Å². The van der Waals surface area contributed by atoms with E-state index in [1.807, 2.05) is 102 Å². The number of hydrogen-bond acceptors (Lipinski definition) is 7. The number of allylic oxidation sites excluding steroid dienone is 8. The maximum absolute atomic E-state index is 9.63. The predicted molar refractivity (Wildman–Crippen MR) is 254 cm³/mol. The van der Waals surface area contributed by atoms with E-state index in [0.717, 1.165) is 44.2 Å². The molecular weight excluding hydrogens is 747 g/mol. The lowest BCUT2D eigenvalue weighted by atomic mass is 9.82. The Labute approximate surface area is 358 Å². The summed E-state index contributed by atoms with van der Waals surface area (Å²) in [5.41, 5.74) is 14.5. The molecule has 3 aliphatic carbocycles. The van der Waals surface area contributed by atoms with Crippen molar-refractivity contribution in [2.75, 3.05) is 4.90 Å². The van der Waals surface area contributed by atoms with Gasteiger partial charge in [-0.1, -0.05) is 111 Å². The van der Waals surface area contributed by atoms with Crippen LogP contribution in [0.15, 0.2) is 171 Å². The van der Waals surface area contributed by atoms with E-state index in [1.54, 1.807) is 0 Å². The highest BCUT2D eigenvalue weighted by atomic mass is 15.2. The Morgan fingerprint density at radius 3 is 1.95 bits per heavy atom.